The summed E-state index contributed by atoms with van der Waals surface area (Å²) in [5.74, 6) is -12.5. The average Bonchev–Trinajstić information content (AvgIpc) is 3.51. The quantitative estimate of drug-likeness (QED) is 0.238. The number of carbonyl (C=O) groups excluding carboxylic acids is 8. The Morgan fingerprint density at radius 3 is 1.99 bits per heavy atom. The molecular formula is C48H52N2O19. The van der Waals surface area contributed by atoms with E-state index >= 15 is 0 Å². The smallest absolute Gasteiger partial charge is 0.340 e. The lowest BCUT2D eigenvalue weighted by Crippen LogP contribution is -2.89. The lowest BCUT2D eigenvalue weighted by Gasteiger charge is -2.67. The SMILES string of the molecule is CC(=O)OC[C@]12[C@H](OC(C)=O)[C@H](OC(C)=O)C3C(OC(C)=O)[C@@]14O[C@@]3(C)COC(=O)c1cccnc1[C@@H](C)[C@@H](C)C(=O)OC([C@H](OC(=O)c1ccc(=O)n(C)c1)[C@@H]2OC(=O)c1ccccc1)[C@]4(C)O. The molecule has 2 saturated carbocycles. The fraction of sp³-hybridized carbons (Fsp3) is 0.500. The second-order valence-electron chi connectivity index (χ2n) is 18.2. The highest BCUT2D eigenvalue weighted by molar-refractivity contribution is 5.92. The Morgan fingerprint density at radius 1 is 0.739 bits per heavy atom. The fourth-order valence-corrected chi connectivity index (χ4v) is 10.5. The van der Waals surface area contributed by atoms with Crippen LogP contribution in [0.15, 0.2) is 71.8 Å². The van der Waals surface area contributed by atoms with Gasteiger partial charge in [-0.05, 0) is 44.2 Å². The standard InChI is InChI=1S/C48H52N2O19/c1-23-24(2)41(56)67-38-36(66-43(58)30-17-18-32(55)50(9)20-30)40(68-42(57)29-14-11-10-12-15-29)47(22-61-25(3)51)39(65-28(6)54)35(63-26(4)52)33-37(64-27(5)53)48(47,46(38,8)60)69-45(33,7)21-62-44(59)31-16-13-19-49-34(23)31/h10-20,23-24,33,35-40,60H,21-22H2,1-9H3/t23-,24+,33?,35+,36-,37?,38?,39+,40-,45-,46-,47+,48-/m0/s1. The van der Waals surface area contributed by atoms with Crippen molar-refractivity contribution in [3.8, 4) is 0 Å². The Morgan fingerprint density at radius 2 is 1.36 bits per heavy atom. The summed E-state index contributed by atoms with van der Waals surface area (Å²) in [7, 11) is 1.35. The average molecular weight is 961 g/mol. The predicted molar refractivity (Wildman–Crippen MR) is 231 cm³/mol. The van der Waals surface area contributed by atoms with Crippen LogP contribution in [0.2, 0.25) is 0 Å². The first-order chi connectivity index (χ1) is 32.4. The molecule has 69 heavy (non-hydrogen) atoms. The zero-order valence-electron chi connectivity index (χ0n) is 39.2. The van der Waals surface area contributed by atoms with Crippen molar-refractivity contribution in [1.29, 1.82) is 0 Å². The second-order valence-corrected chi connectivity index (χ2v) is 18.2. The molecule has 4 aliphatic rings. The van der Waals surface area contributed by atoms with Gasteiger partial charge in [0.25, 0.3) is 0 Å². The summed E-state index contributed by atoms with van der Waals surface area (Å²) in [5, 5.41) is 13.9. The largest absolute Gasteiger partial charge is 0.465 e. The van der Waals surface area contributed by atoms with Crippen molar-refractivity contribution < 1.29 is 86.1 Å². The molecule has 1 saturated heterocycles. The van der Waals surface area contributed by atoms with E-state index < -0.39 is 143 Å². The number of esters is 8. The molecule has 0 amide bonds. The molecule has 1 spiro atoms. The Balaban J connectivity index is 1.66. The fourth-order valence-electron chi connectivity index (χ4n) is 10.5. The maximum atomic E-state index is 14.9. The summed E-state index contributed by atoms with van der Waals surface area (Å²) >= 11 is 0. The molecule has 2 aliphatic heterocycles. The molecule has 2 aromatic heterocycles. The molecule has 1 aromatic carbocycles. The Hall–Kier alpha value is -7.00. The van der Waals surface area contributed by atoms with E-state index in [9.17, 15) is 48.3 Å². The summed E-state index contributed by atoms with van der Waals surface area (Å²) in [6.45, 7) is 7.43. The molecule has 4 bridgehead atoms. The van der Waals surface area contributed by atoms with Crippen molar-refractivity contribution in [2.24, 2.45) is 24.3 Å². The van der Waals surface area contributed by atoms with E-state index in [-0.39, 0.29) is 22.4 Å². The first-order valence-corrected chi connectivity index (χ1v) is 22.0. The minimum Gasteiger partial charge on any atom is -0.465 e. The van der Waals surface area contributed by atoms with Crippen LogP contribution >= 0.6 is 0 Å². The number of aryl methyl sites for hydroxylation is 1. The molecule has 3 aromatic rings. The van der Waals surface area contributed by atoms with Crippen LogP contribution in [0.5, 0.6) is 0 Å². The van der Waals surface area contributed by atoms with Crippen LogP contribution in [0, 0.1) is 17.3 Å². The maximum absolute atomic E-state index is 14.9. The third-order valence-electron chi connectivity index (χ3n) is 13.6. The highest BCUT2D eigenvalue weighted by Gasteiger charge is 2.92. The van der Waals surface area contributed by atoms with Gasteiger partial charge in [-0.25, -0.2) is 14.4 Å². The first kappa shape index (κ1) is 49.9. The molecule has 13 atom stereocenters. The van der Waals surface area contributed by atoms with Crippen LogP contribution in [-0.2, 0) is 73.7 Å². The van der Waals surface area contributed by atoms with Crippen LogP contribution in [0.25, 0.3) is 0 Å². The Kier molecular flexibility index (Phi) is 13.4. The number of carbonyl (C=O) groups is 8. The van der Waals surface area contributed by atoms with Gasteiger partial charge in [0.2, 0.25) is 5.56 Å². The van der Waals surface area contributed by atoms with Gasteiger partial charge in [0.05, 0.1) is 34.2 Å². The van der Waals surface area contributed by atoms with Crippen LogP contribution < -0.4 is 5.56 Å². The van der Waals surface area contributed by atoms with Gasteiger partial charge in [-0.3, -0.25) is 33.8 Å². The number of fused-ring (bicyclic) bond motifs is 5. The van der Waals surface area contributed by atoms with Gasteiger partial charge in [0.1, 0.15) is 42.0 Å². The van der Waals surface area contributed by atoms with Gasteiger partial charge in [-0.2, -0.15) is 0 Å². The van der Waals surface area contributed by atoms with E-state index in [0.717, 1.165) is 57.5 Å². The highest BCUT2D eigenvalue weighted by atomic mass is 16.7. The van der Waals surface area contributed by atoms with E-state index in [0.29, 0.717) is 0 Å². The van der Waals surface area contributed by atoms with Crippen molar-refractivity contribution in [3.63, 3.8) is 0 Å². The monoisotopic (exact) mass is 960 g/mol. The van der Waals surface area contributed by atoms with Crippen molar-refractivity contribution in [2.45, 2.75) is 115 Å². The Labute approximate surface area is 394 Å². The lowest BCUT2D eigenvalue weighted by atomic mass is 9.45. The molecule has 0 radical (unpaired) electrons. The minimum atomic E-state index is -2.98. The van der Waals surface area contributed by atoms with Crippen LogP contribution in [0.4, 0.5) is 0 Å². The number of pyridine rings is 2. The summed E-state index contributed by atoms with van der Waals surface area (Å²) in [4.78, 5) is 129. The van der Waals surface area contributed by atoms with Gasteiger partial charge in [0, 0.05) is 59.1 Å². The molecule has 21 heteroatoms. The molecule has 1 N–H and O–H groups in total. The van der Waals surface area contributed by atoms with E-state index in [1.165, 1.54) is 63.5 Å². The number of hydrogen-bond donors (Lipinski definition) is 1. The number of cyclic esters (lactones) is 1. The van der Waals surface area contributed by atoms with Gasteiger partial charge in [0.15, 0.2) is 30.0 Å². The molecule has 2 aliphatic carbocycles. The molecular weight excluding hydrogens is 909 g/mol. The van der Waals surface area contributed by atoms with Gasteiger partial charge in [-0.1, -0.05) is 32.0 Å². The van der Waals surface area contributed by atoms with E-state index in [1.807, 2.05) is 0 Å². The third kappa shape index (κ3) is 8.40. The van der Waals surface area contributed by atoms with E-state index in [1.54, 1.807) is 13.0 Å². The number of hydrogen-bond acceptors (Lipinski definition) is 20. The van der Waals surface area contributed by atoms with Crippen LogP contribution in [0.3, 0.4) is 0 Å². The highest BCUT2D eigenvalue weighted by Crippen LogP contribution is 2.70. The maximum Gasteiger partial charge on any atom is 0.340 e. The lowest BCUT2D eigenvalue weighted by molar-refractivity contribution is -0.385. The molecule has 21 nitrogen and oxygen atoms in total. The number of aromatic nitrogens is 2. The number of benzene rings is 1. The molecule has 4 heterocycles. The normalized spacial score (nSPS) is 33.5. The molecule has 3 unspecified atom stereocenters. The van der Waals surface area contributed by atoms with Crippen molar-refractivity contribution in [1.82, 2.24) is 9.55 Å². The van der Waals surface area contributed by atoms with Gasteiger partial charge < -0.3 is 52.3 Å². The molecule has 368 valence electrons. The summed E-state index contributed by atoms with van der Waals surface area (Å²) in [6, 6.07) is 12.3. The zero-order chi connectivity index (χ0) is 50.5. The number of aliphatic hydroxyl groups is 1. The second kappa shape index (κ2) is 18.5. The van der Waals surface area contributed by atoms with Crippen LogP contribution in [-0.4, -0.2) is 129 Å². The topological polar surface area (TPSA) is 275 Å². The minimum absolute atomic E-state index is 0.0799. The number of ether oxygens (including phenoxy) is 9. The summed E-state index contributed by atoms with van der Waals surface area (Å²) < 4.78 is 57.5. The molecule has 3 fully saturated rings. The number of rotatable bonds is 9. The van der Waals surface area contributed by atoms with E-state index in [2.05, 4.69) is 4.98 Å². The van der Waals surface area contributed by atoms with Crippen molar-refractivity contribution >= 4 is 47.8 Å². The molecule has 7 rings (SSSR count). The van der Waals surface area contributed by atoms with Crippen molar-refractivity contribution in [3.05, 3.63) is 99.7 Å². The van der Waals surface area contributed by atoms with Crippen LogP contribution in [0.1, 0.15) is 98.1 Å². The Bertz CT molecular complexity index is 2650. The van der Waals surface area contributed by atoms with Crippen molar-refractivity contribution in [2.75, 3.05) is 13.2 Å². The predicted octanol–water partition coefficient (Wildman–Crippen LogP) is 2.32. The zero-order valence-corrected chi connectivity index (χ0v) is 39.2. The van der Waals surface area contributed by atoms with Gasteiger partial charge >= 0.3 is 47.8 Å². The third-order valence-corrected chi connectivity index (χ3v) is 13.6. The summed E-state index contributed by atoms with van der Waals surface area (Å²) in [5.41, 5.74) is -11.7. The number of nitrogens with zero attached hydrogens (tertiary/aromatic N) is 2. The van der Waals surface area contributed by atoms with E-state index in [4.69, 9.17) is 42.6 Å². The first-order valence-electron chi connectivity index (χ1n) is 22.0. The summed E-state index contributed by atoms with van der Waals surface area (Å²) in [6.07, 6.45) is -10.4. The van der Waals surface area contributed by atoms with Gasteiger partial charge in [-0.15, -0.1) is 0 Å².